The monoisotopic (exact) mass is 205 g/mol. The highest BCUT2D eigenvalue weighted by Crippen LogP contribution is 2.02. The van der Waals surface area contributed by atoms with Gasteiger partial charge in [-0.1, -0.05) is 0 Å². The fraction of sp³-hybridized carbons (Fsp3) is 0.500. The number of methoxy groups -OCH3 is 1. The number of nitrogens with zero attached hydrogens (tertiary/aromatic N) is 1. The lowest BCUT2D eigenvalue weighted by molar-refractivity contribution is -0.137. The zero-order valence-corrected chi connectivity index (χ0v) is 8.59. The first-order chi connectivity index (χ1) is 6.02. The van der Waals surface area contributed by atoms with Gasteiger partial charge >= 0.3 is 5.97 Å². The Labute approximate surface area is 82.1 Å². The van der Waals surface area contributed by atoms with Crippen molar-refractivity contribution in [1.29, 1.82) is 0 Å². The van der Waals surface area contributed by atoms with Gasteiger partial charge in [-0.2, -0.15) is 0 Å². The van der Waals surface area contributed by atoms with E-state index < -0.39 is 11.8 Å². The van der Waals surface area contributed by atoms with Crippen LogP contribution in [-0.2, 0) is 14.3 Å². The maximum absolute atomic E-state index is 11.1. The lowest BCUT2D eigenvalue weighted by Crippen LogP contribution is -2.18. The number of esters is 1. The van der Waals surface area contributed by atoms with E-state index in [0.29, 0.717) is 0 Å². The standard InChI is InChI=1S/C8H12ClNO3/c1-10(2)5-6(7(11)4-9)8(12)13-3/h5H,4H2,1-3H3/b6-5+. The first kappa shape index (κ1) is 12.0. The number of alkyl halides is 1. The molecule has 0 spiro atoms. The van der Waals surface area contributed by atoms with Crippen LogP contribution in [0.4, 0.5) is 0 Å². The Morgan fingerprint density at radius 1 is 1.46 bits per heavy atom. The predicted octanol–water partition coefficient (Wildman–Crippen LogP) is 0.413. The van der Waals surface area contributed by atoms with Crippen molar-refractivity contribution in [3.63, 3.8) is 0 Å². The number of carbonyl (C=O) groups excluding carboxylic acids is 2. The fourth-order valence-electron chi connectivity index (χ4n) is 0.679. The maximum atomic E-state index is 11.1. The van der Waals surface area contributed by atoms with Crippen molar-refractivity contribution in [2.24, 2.45) is 0 Å². The highest BCUT2D eigenvalue weighted by atomic mass is 35.5. The van der Waals surface area contributed by atoms with Crippen molar-refractivity contribution in [2.45, 2.75) is 0 Å². The summed E-state index contributed by atoms with van der Waals surface area (Å²) in [7, 11) is 4.61. The molecule has 74 valence electrons. The van der Waals surface area contributed by atoms with Crippen molar-refractivity contribution >= 4 is 23.4 Å². The lowest BCUT2D eigenvalue weighted by Gasteiger charge is -2.08. The third-order valence-electron chi connectivity index (χ3n) is 1.21. The largest absolute Gasteiger partial charge is 0.465 e. The normalized spacial score (nSPS) is 10.9. The van der Waals surface area contributed by atoms with Gasteiger partial charge in [-0.05, 0) is 0 Å². The minimum absolute atomic E-state index is 0.0394. The molecule has 0 heterocycles. The average Bonchev–Trinajstić information content (AvgIpc) is 2.11. The van der Waals surface area contributed by atoms with E-state index in [1.54, 1.807) is 19.0 Å². The molecule has 0 N–H and O–H groups in total. The number of ketones is 1. The molecule has 0 bridgehead atoms. The van der Waals surface area contributed by atoms with Crippen LogP contribution < -0.4 is 0 Å². The van der Waals surface area contributed by atoms with Crippen LogP contribution in [0.25, 0.3) is 0 Å². The Balaban J connectivity index is 4.75. The summed E-state index contributed by atoms with van der Waals surface area (Å²) in [5.74, 6) is -1.34. The predicted molar refractivity (Wildman–Crippen MR) is 49.5 cm³/mol. The second-order valence-electron chi connectivity index (χ2n) is 2.55. The topological polar surface area (TPSA) is 46.6 Å². The zero-order valence-electron chi connectivity index (χ0n) is 7.83. The van der Waals surface area contributed by atoms with Crippen LogP contribution in [0.2, 0.25) is 0 Å². The summed E-state index contributed by atoms with van der Waals surface area (Å²) in [5.41, 5.74) is -0.0394. The molecule has 5 heteroatoms. The van der Waals surface area contributed by atoms with Crippen molar-refractivity contribution in [3.8, 4) is 0 Å². The molecule has 0 radical (unpaired) electrons. The van der Waals surface area contributed by atoms with Crippen molar-refractivity contribution in [2.75, 3.05) is 27.1 Å². The molecule has 0 fully saturated rings. The molecule has 0 aliphatic rings. The SMILES string of the molecule is COC(=O)/C(=C/N(C)C)C(=O)CCl. The van der Waals surface area contributed by atoms with Gasteiger partial charge in [-0.3, -0.25) is 4.79 Å². The van der Waals surface area contributed by atoms with E-state index >= 15 is 0 Å². The van der Waals surface area contributed by atoms with Gasteiger partial charge in [0.15, 0.2) is 5.78 Å². The average molecular weight is 206 g/mol. The van der Waals surface area contributed by atoms with Crippen LogP contribution in [0.5, 0.6) is 0 Å². The summed E-state index contributed by atoms with van der Waals surface area (Å²) >= 11 is 5.31. The number of Topliss-reactive ketones (excluding diaryl/α,β-unsaturated/α-hetero) is 1. The van der Waals surface area contributed by atoms with E-state index in [2.05, 4.69) is 4.74 Å². The maximum Gasteiger partial charge on any atom is 0.343 e. The van der Waals surface area contributed by atoms with Gasteiger partial charge in [-0.15, -0.1) is 11.6 Å². The van der Waals surface area contributed by atoms with Gasteiger partial charge in [0.2, 0.25) is 0 Å². The van der Waals surface area contributed by atoms with Gasteiger partial charge in [-0.25, -0.2) is 4.79 Å². The van der Waals surface area contributed by atoms with E-state index in [9.17, 15) is 9.59 Å². The van der Waals surface area contributed by atoms with Gasteiger partial charge < -0.3 is 9.64 Å². The summed E-state index contributed by atoms with van der Waals surface area (Å²) in [6.45, 7) is 0. The van der Waals surface area contributed by atoms with Crippen LogP contribution in [0.1, 0.15) is 0 Å². The molecule has 0 aromatic carbocycles. The van der Waals surface area contributed by atoms with Gasteiger partial charge in [0.25, 0.3) is 0 Å². The minimum atomic E-state index is -0.667. The van der Waals surface area contributed by atoms with Crippen LogP contribution in [0.15, 0.2) is 11.8 Å². The van der Waals surface area contributed by atoms with E-state index in [1.807, 2.05) is 0 Å². The van der Waals surface area contributed by atoms with Crippen LogP contribution >= 0.6 is 11.6 Å². The smallest absolute Gasteiger partial charge is 0.343 e. The lowest BCUT2D eigenvalue weighted by atomic mass is 10.2. The summed E-state index contributed by atoms with van der Waals surface area (Å²) in [4.78, 5) is 23.8. The highest BCUT2D eigenvalue weighted by Gasteiger charge is 2.17. The number of hydrogen-bond donors (Lipinski definition) is 0. The third kappa shape index (κ3) is 3.94. The fourth-order valence-corrected chi connectivity index (χ4v) is 0.823. The highest BCUT2D eigenvalue weighted by molar-refractivity contribution is 6.34. The molecule has 4 nitrogen and oxygen atoms in total. The van der Waals surface area contributed by atoms with Crippen LogP contribution in [0.3, 0.4) is 0 Å². The first-order valence-corrected chi connectivity index (χ1v) is 4.12. The van der Waals surface area contributed by atoms with Crippen molar-refractivity contribution in [1.82, 2.24) is 4.90 Å². The van der Waals surface area contributed by atoms with Gasteiger partial charge in [0, 0.05) is 20.3 Å². The molecular formula is C8H12ClNO3. The number of halogens is 1. The molecule has 0 atom stereocenters. The Bertz CT molecular complexity index is 218. The molecule has 0 aromatic rings. The summed E-state index contributed by atoms with van der Waals surface area (Å²) in [6, 6.07) is 0. The second-order valence-corrected chi connectivity index (χ2v) is 2.82. The van der Waals surface area contributed by atoms with E-state index in [1.165, 1.54) is 13.3 Å². The van der Waals surface area contributed by atoms with Crippen molar-refractivity contribution in [3.05, 3.63) is 11.8 Å². The molecule has 0 rings (SSSR count). The van der Waals surface area contributed by atoms with E-state index in [4.69, 9.17) is 11.6 Å². The quantitative estimate of drug-likeness (QED) is 0.219. The summed E-state index contributed by atoms with van der Waals surface area (Å²) in [6.07, 6.45) is 1.39. The third-order valence-corrected chi connectivity index (χ3v) is 1.46. The molecule has 0 aliphatic carbocycles. The molecule has 0 amide bonds. The summed E-state index contributed by atoms with van der Waals surface area (Å²) in [5, 5.41) is 0. The van der Waals surface area contributed by atoms with Gasteiger partial charge in [0.1, 0.15) is 5.57 Å². The van der Waals surface area contributed by atoms with E-state index in [0.717, 1.165) is 0 Å². The Morgan fingerprint density at radius 3 is 2.31 bits per heavy atom. The minimum Gasteiger partial charge on any atom is -0.465 e. The Morgan fingerprint density at radius 2 is 2.00 bits per heavy atom. The molecule has 0 saturated carbocycles. The Kier molecular flexibility index (Phi) is 5.14. The van der Waals surface area contributed by atoms with E-state index in [-0.39, 0.29) is 11.5 Å². The molecular weight excluding hydrogens is 194 g/mol. The molecule has 0 saturated heterocycles. The second kappa shape index (κ2) is 5.59. The molecule has 0 aliphatic heterocycles. The zero-order chi connectivity index (χ0) is 10.4. The molecule has 0 aromatic heterocycles. The first-order valence-electron chi connectivity index (χ1n) is 3.58. The summed E-state index contributed by atoms with van der Waals surface area (Å²) < 4.78 is 4.42. The van der Waals surface area contributed by atoms with Gasteiger partial charge in [0.05, 0.1) is 13.0 Å². The molecule has 0 unspecified atom stereocenters. The van der Waals surface area contributed by atoms with Crippen LogP contribution in [-0.4, -0.2) is 43.7 Å². The Hall–Kier alpha value is -1.03. The number of rotatable bonds is 4. The molecule has 13 heavy (non-hydrogen) atoms. The van der Waals surface area contributed by atoms with Crippen LogP contribution in [0, 0.1) is 0 Å². The van der Waals surface area contributed by atoms with Crippen molar-refractivity contribution < 1.29 is 14.3 Å². The number of ether oxygens (including phenoxy) is 1. The number of carbonyl (C=O) groups is 2. The number of hydrogen-bond acceptors (Lipinski definition) is 4.